The molecule has 0 aliphatic carbocycles. The van der Waals surface area contributed by atoms with E-state index in [1.165, 1.54) is 0 Å². The zero-order valence-corrected chi connectivity index (χ0v) is 15.7. The molecule has 0 aliphatic heterocycles. The Balaban J connectivity index is 2.11. The van der Waals surface area contributed by atoms with E-state index in [1.54, 1.807) is 11.3 Å². The van der Waals surface area contributed by atoms with Crippen molar-refractivity contribution in [2.24, 2.45) is 0 Å². The molecule has 0 atom stereocenters. The molecule has 1 N–H and O–H groups in total. The molecule has 0 aliphatic rings. The molecular weight excluding hydrogens is 342 g/mol. The van der Waals surface area contributed by atoms with Gasteiger partial charge in [0.05, 0.1) is 22.3 Å². The molecule has 3 rings (SSSR count). The van der Waals surface area contributed by atoms with Crippen LogP contribution in [0.3, 0.4) is 0 Å². The van der Waals surface area contributed by atoms with Gasteiger partial charge in [-0.05, 0) is 39.8 Å². The summed E-state index contributed by atoms with van der Waals surface area (Å²) in [6.45, 7) is 8.18. The van der Waals surface area contributed by atoms with Gasteiger partial charge in [0.25, 0.3) is 0 Å². The zero-order chi connectivity index (χ0) is 17.3. The molecule has 0 spiro atoms. The van der Waals surface area contributed by atoms with Crippen LogP contribution in [0.25, 0.3) is 22.3 Å². The summed E-state index contributed by atoms with van der Waals surface area (Å²) in [7, 11) is 0. The van der Waals surface area contributed by atoms with E-state index < -0.39 is 0 Å². The Bertz CT molecular complexity index is 861. The van der Waals surface area contributed by atoms with Crippen molar-refractivity contribution in [2.75, 3.05) is 5.32 Å². The Morgan fingerprint density at radius 1 is 1.12 bits per heavy atom. The van der Waals surface area contributed by atoms with E-state index >= 15 is 0 Å². The number of hydrogen-bond donors (Lipinski definition) is 1. The number of pyridine rings is 1. The van der Waals surface area contributed by atoms with Crippen molar-refractivity contribution in [2.45, 2.75) is 39.8 Å². The molecule has 0 saturated carbocycles. The number of nitrogens with one attached hydrogen (secondary N) is 1. The van der Waals surface area contributed by atoms with Gasteiger partial charge in [0.1, 0.15) is 11.4 Å². The minimum Gasteiger partial charge on any atom is -0.490 e. The van der Waals surface area contributed by atoms with Gasteiger partial charge in [-0.25, -0.2) is 9.97 Å². The second-order valence-corrected chi connectivity index (χ2v) is 7.41. The lowest BCUT2D eigenvalue weighted by atomic mass is 10.1. The van der Waals surface area contributed by atoms with E-state index in [0.29, 0.717) is 11.1 Å². The minimum atomic E-state index is 0.0658. The number of thiazole rings is 1. The molecule has 6 heteroatoms. The highest BCUT2D eigenvalue weighted by atomic mass is 35.5. The molecule has 2 heterocycles. The highest BCUT2D eigenvalue weighted by Gasteiger charge is 2.14. The van der Waals surface area contributed by atoms with Crippen molar-refractivity contribution in [1.82, 2.24) is 9.97 Å². The van der Waals surface area contributed by atoms with Crippen LogP contribution in [-0.2, 0) is 0 Å². The fourth-order valence-electron chi connectivity index (χ4n) is 2.37. The van der Waals surface area contributed by atoms with E-state index in [4.69, 9.17) is 21.3 Å². The normalized spacial score (nSPS) is 11.5. The summed E-state index contributed by atoms with van der Waals surface area (Å²) in [5.74, 6) is 0.777. The Labute approximate surface area is 150 Å². The van der Waals surface area contributed by atoms with E-state index in [-0.39, 0.29) is 6.10 Å². The van der Waals surface area contributed by atoms with Gasteiger partial charge in [-0.1, -0.05) is 17.7 Å². The smallest absolute Gasteiger partial charge is 0.183 e. The third kappa shape index (κ3) is 3.62. The van der Waals surface area contributed by atoms with Crippen LogP contribution in [0, 0.1) is 0 Å². The standard InChI is InChI=1S/C18H20ClN3OS/c1-10(2)20-18-22-15(9-24-18)14-8-16(23-11(3)4)12-6-5-7-13(19)17(12)21-14/h5-11H,1-4H3,(H,20,22). The largest absolute Gasteiger partial charge is 0.490 e. The summed E-state index contributed by atoms with van der Waals surface area (Å²) < 4.78 is 5.98. The number of nitrogens with zero attached hydrogens (tertiary/aromatic N) is 2. The van der Waals surface area contributed by atoms with Crippen LogP contribution in [0.5, 0.6) is 5.75 Å². The van der Waals surface area contributed by atoms with Gasteiger partial charge < -0.3 is 10.1 Å². The van der Waals surface area contributed by atoms with Crippen molar-refractivity contribution in [3.8, 4) is 17.1 Å². The van der Waals surface area contributed by atoms with E-state index in [0.717, 1.165) is 33.2 Å². The van der Waals surface area contributed by atoms with Crippen LogP contribution < -0.4 is 10.1 Å². The maximum atomic E-state index is 6.35. The summed E-state index contributed by atoms with van der Waals surface area (Å²) in [5, 5.41) is 7.71. The Kier molecular flexibility index (Phi) is 4.92. The van der Waals surface area contributed by atoms with Crippen molar-refractivity contribution in [1.29, 1.82) is 0 Å². The molecule has 3 aromatic rings. The fourth-order valence-corrected chi connectivity index (χ4v) is 3.44. The molecule has 2 aromatic heterocycles. The number of aromatic nitrogens is 2. The van der Waals surface area contributed by atoms with E-state index in [2.05, 4.69) is 24.1 Å². The van der Waals surface area contributed by atoms with Crippen molar-refractivity contribution in [3.05, 3.63) is 34.7 Å². The third-order valence-electron chi connectivity index (χ3n) is 3.29. The first-order valence-corrected chi connectivity index (χ1v) is 9.18. The topological polar surface area (TPSA) is 47.0 Å². The SMILES string of the molecule is CC(C)Nc1nc(-c2cc(OC(C)C)c3cccc(Cl)c3n2)cs1. The van der Waals surface area contributed by atoms with Crippen molar-refractivity contribution >= 4 is 39.0 Å². The fraction of sp³-hybridized carbons (Fsp3) is 0.333. The number of fused-ring (bicyclic) bond motifs is 1. The lowest BCUT2D eigenvalue weighted by Crippen LogP contribution is -2.09. The van der Waals surface area contributed by atoms with Crippen LogP contribution in [-0.4, -0.2) is 22.1 Å². The van der Waals surface area contributed by atoms with Crippen molar-refractivity contribution < 1.29 is 4.74 Å². The molecule has 0 radical (unpaired) electrons. The number of rotatable bonds is 5. The number of ether oxygens (including phenoxy) is 1. The first-order chi connectivity index (χ1) is 11.4. The summed E-state index contributed by atoms with van der Waals surface area (Å²) in [6, 6.07) is 8.00. The molecular formula is C18H20ClN3OS. The van der Waals surface area contributed by atoms with Crippen LogP contribution >= 0.6 is 22.9 Å². The first-order valence-electron chi connectivity index (χ1n) is 7.92. The summed E-state index contributed by atoms with van der Waals surface area (Å²) in [5.41, 5.74) is 2.32. The van der Waals surface area contributed by atoms with Crippen LogP contribution in [0.2, 0.25) is 5.02 Å². The van der Waals surface area contributed by atoms with Crippen molar-refractivity contribution in [3.63, 3.8) is 0 Å². The van der Waals surface area contributed by atoms with Crippen LogP contribution in [0.4, 0.5) is 5.13 Å². The predicted octanol–water partition coefficient (Wildman–Crippen LogP) is 5.62. The summed E-state index contributed by atoms with van der Waals surface area (Å²) in [6.07, 6.45) is 0.0658. The Morgan fingerprint density at radius 3 is 2.62 bits per heavy atom. The number of anilines is 1. The molecule has 0 bridgehead atoms. The molecule has 24 heavy (non-hydrogen) atoms. The first kappa shape index (κ1) is 17.0. The number of halogens is 1. The zero-order valence-electron chi connectivity index (χ0n) is 14.1. The van der Waals surface area contributed by atoms with E-state index in [9.17, 15) is 0 Å². The number of benzene rings is 1. The lowest BCUT2D eigenvalue weighted by molar-refractivity contribution is 0.245. The minimum absolute atomic E-state index is 0.0658. The second kappa shape index (κ2) is 6.95. The maximum Gasteiger partial charge on any atom is 0.183 e. The molecule has 126 valence electrons. The average Bonchev–Trinajstić information content (AvgIpc) is 2.95. The van der Waals surface area contributed by atoms with Gasteiger partial charge in [0, 0.05) is 22.9 Å². The van der Waals surface area contributed by atoms with Gasteiger partial charge >= 0.3 is 0 Å². The molecule has 0 fully saturated rings. The van der Waals surface area contributed by atoms with Crippen LogP contribution in [0.15, 0.2) is 29.6 Å². The highest BCUT2D eigenvalue weighted by Crippen LogP contribution is 2.34. The lowest BCUT2D eigenvalue weighted by Gasteiger charge is -2.14. The Hall–Kier alpha value is -1.85. The molecule has 0 saturated heterocycles. The average molecular weight is 362 g/mol. The highest BCUT2D eigenvalue weighted by molar-refractivity contribution is 7.14. The van der Waals surface area contributed by atoms with E-state index in [1.807, 2.05) is 43.5 Å². The molecule has 0 unspecified atom stereocenters. The number of hydrogen-bond acceptors (Lipinski definition) is 5. The Morgan fingerprint density at radius 2 is 1.92 bits per heavy atom. The van der Waals surface area contributed by atoms with Gasteiger partial charge in [-0.3, -0.25) is 0 Å². The van der Waals surface area contributed by atoms with Gasteiger partial charge in [-0.2, -0.15) is 0 Å². The monoisotopic (exact) mass is 361 g/mol. The van der Waals surface area contributed by atoms with Gasteiger partial charge in [-0.15, -0.1) is 11.3 Å². The maximum absolute atomic E-state index is 6.35. The van der Waals surface area contributed by atoms with Gasteiger partial charge in [0.2, 0.25) is 0 Å². The summed E-state index contributed by atoms with van der Waals surface area (Å²) >= 11 is 7.92. The van der Waals surface area contributed by atoms with Gasteiger partial charge in [0.15, 0.2) is 5.13 Å². The third-order valence-corrected chi connectivity index (χ3v) is 4.37. The van der Waals surface area contributed by atoms with Crippen LogP contribution in [0.1, 0.15) is 27.7 Å². The quantitative estimate of drug-likeness (QED) is 0.640. The molecule has 0 amide bonds. The number of para-hydroxylation sites is 1. The molecule has 4 nitrogen and oxygen atoms in total. The molecule has 1 aromatic carbocycles. The summed E-state index contributed by atoms with van der Waals surface area (Å²) in [4.78, 5) is 9.33. The predicted molar refractivity (Wildman–Crippen MR) is 102 cm³/mol. The second-order valence-electron chi connectivity index (χ2n) is 6.15.